The molecule has 0 aliphatic carbocycles. The lowest BCUT2D eigenvalue weighted by atomic mass is 10.0. The Balaban J connectivity index is 2.07. The Morgan fingerprint density at radius 3 is 2.67 bits per heavy atom. The van der Waals surface area contributed by atoms with Crippen molar-refractivity contribution in [2.75, 3.05) is 19.2 Å². The SMILES string of the molecule is CNC(C(=O)Nc1ccc2c(c1)OCO2)C(C)C. The van der Waals surface area contributed by atoms with Crippen LogP contribution >= 0.6 is 0 Å². The molecule has 1 unspecified atom stereocenters. The number of rotatable bonds is 4. The Bertz CT molecular complexity index is 446. The van der Waals surface area contributed by atoms with Crippen LogP contribution in [0.1, 0.15) is 13.8 Å². The Labute approximate surface area is 106 Å². The van der Waals surface area contributed by atoms with E-state index in [2.05, 4.69) is 10.6 Å². The quantitative estimate of drug-likeness (QED) is 0.852. The number of amides is 1. The lowest BCUT2D eigenvalue weighted by molar-refractivity contribution is -0.118. The summed E-state index contributed by atoms with van der Waals surface area (Å²) in [5.41, 5.74) is 0.713. The van der Waals surface area contributed by atoms with E-state index in [-0.39, 0.29) is 24.7 Å². The molecule has 0 fully saturated rings. The van der Waals surface area contributed by atoms with E-state index in [1.807, 2.05) is 13.8 Å². The molecule has 18 heavy (non-hydrogen) atoms. The number of benzene rings is 1. The number of hydrogen-bond donors (Lipinski definition) is 2. The first-order valence-electron chi connectivity index (χ1n) is 5.99. The lowest BCUT2D eigenvalue weighted by Crippen LogP contribution is -2.42. The van der Waals surface area contributed by atoms with Gasteiger partial charge < -0.3 is 20.1 Å². The molecule has 1 atom stereocenters. The molecule has 2 N–H and O–H groups in total. The largest absolute Gasteiger partial charge is 0.454 e. The first-order chi connectivity index (χ1) is 8.61. The fourth-order valence-electron chi connectivity index (χ4n) is 1.96. The molecular formula is C13H18N2O3. The van der Waals surface area contributed by atoms with Gasteiger partial charge in [0, 0.05) is 11.8 Å². The highest BCUT2D eigenvalue weighted by molar-refractivity contribution is 5.95. The van der Waals surface area contributed by atoms with Crippen LogP contribution in [0.3, 0.4) is 0 Å². The maximum Gasteiger partial charge on any atom is 0.241 e. The number of nitrogens with one attached hydrogen (secondary N) is 2. The molecule has 0 spiro atoms. The van der Waals surface area contributed by atoms with E-state index in [9.17, 15) is 4.79 Å². The minimum atomic E-state index is -0.213. The maximum absolute atomic E-state index is 12.0. The van der Waals surface area contributed by atoms with E-state index in [1.54, 1.807) is 25.2 Å². The number of fused-ring (bicyclic) bond motifs is 1. The number of hydrogen-bond acceptors (Lipinski definition) is 4. The van der Waals surface area contributed by atoms with Gasteiger partial charge in [-0.1, -0.05) is 13.8 Å². The monoisotopic (exact) mass is 250 g/mol. The topological polar surface area (TPSA) is 59.6 Å². The van der Waals surface area contributed by atoms with Crippen molar-refractivity contribution < 1.29 is 14.3 Å². The van der Waals surface area contributed by atoms with Crippen molar-refractivity contribution in [3.05, 3.63) is 18.2 Å². The van der Waals surface area contributed by atoms with Gasteiger partial charge in [-0.25, -0.2) is 0 Å². The lowest BCUT2D eigenvalue weighted by Gasteiger charge is -2.19. The third-order valence-corrected chi connectivity index (χ3v) is 2.90. The van der Waals surface area contributed by atoms with Gasteiger partial charge in [0.15, 0.2) is 11.5 Å². The summed E-state index contributed by atoms with van der Waals surface area (Å²) in [7, 11) is 1.78. The Hall–Kier alpha value is -1.75. The van der Waals surface area contributed by atoms with Crippen LogP contribution in [0.4, 0.5) is 5.69 Å². The van der Waals surface area contributed by atoms with Gasteiger partial charge in [-0.3, -0.25) is 4.79 Å². The van der Waals surface area contributed by atoms with Gasteiger partial charge in [0.1, 0.15) is 0 Å². The zero-order valence-electron chi connectivity index (χ0n) is 10.8. The highest BCUT2D eigenvalue weighted by Crippen LogP contribution is 2.34. The molecule has 98 valence electrons. The van der Waals surface area contributed by atoms with Crippen molar-refractivity contribution >= 4 is 11.6 Å². The summed E-state index contributed by atoms with van der Waals surface area (Å²) in [4.78, 5) is 12.0. The minimum absolute atomic E-state index is 0.0497. The maximum atomic E-state index is 12.0. The number of carbonyl (C=O) groups excluding carboxylic acids is 1. The molecule has 0 saturated heterocycles. The van der Waals surface area contributed by atoms with Crippen LogP contribution in [-0.4, -0.2) is 25.8 Å². The van der Waals surface area contributed by atoms with Gasteiger partial charge in [0.2, 0.25) is 12.7 Å². The third-order valence-electron chi connectivity index (χ3n) is 2.90. The van der Waals surface area contributed by atoms with Crippen LogP contribution in [0.2, 0.25) is 0 Å². The first kappa shape index (κ1) is 12.7. The summed E-state index contributed by atoms with van der Waals surface area (Å²) in [5, 5.41) is 5.87. The molecule has 1 heterocycles. The molecule has 0 radical (unpaired) electrons. The average Bonchev–Trinajstić information content (AvgIpc) is 2.76. The molecule has 5 heteroatoms. The molecule has 0 saturated carbocycles. The van der Waals surface area contributed by atoms with Crippen LogP contribution in [0, 0.1) is 5.92 Å². The van der Waals surface area contributed by atoms with Crippen molar-refractivity contribution in [1.82, 2.24) is 5.32 Å². The molecule has 1 aromatic carbocycles. The predicted molar refractivity (Wildman–Crippen MR) is 68.9 cm³/mol. The van der Waals surface area contributed by atoms with Crippen LogP contribution < -0.4 is 20.1 Å². The smallest absolute Gasteiger partial charge is 0.241 e. The molecule has 0 aromatic heterocycles. The zero-order valence-corrected chi connectivity index (χ0v) is 10.8. The van der Waals surface area contributed by atoms with Gasteiger partial charge in [-0.15, -0.1) is 0 Å². The van der Waals surface area contributed by atoms with E-state index >= 15 is 0 Å². The fraction of sp³-hybridized carbons (Fsp3) is 0.462. The van der Waals surface area contributed by atoms with Crippen molar-refractivity contribution in [3.63, 3.8) is 0 Å². The van der Waals surface area contributed by atoms with Gasteiger partial charge in [0.25, 0.3) is 0 Å². The van der Waals surface area contributed by atoms with Crippen LogP contribution in [0.5, 0.6) is 11.5 Å². The van der Waals surface area contributed by atoms with Crippen LogP contribution in [0.15, 0.2) is 18.2 Å². The predicted octanol–water partition coefficient (Wildman–Crippen LogP) is 1.60. The molecule has 1 amide bonds. The highest BCUT2D eigenvalue weighted by Gasteiger charge is 2.21. The van der Waals surface area contributed by atoms with Crippen molar-refractivity contribution in [2.24, 2.45) is 5.92 Å². The number of anilines is 1. The Kier molecular flexibility index (Phi) is 3.72. The average molecular weight is 250 g/mol. The number of likely N-dealkylation sites (N-methyl/N-ethyl adjacent to an activating group) is 1. The standard InChI is InChI=1S/C13H18N2O3/c1-8(2)12(14-3)13(16)15-9-4-5-10-11(6-9)18-7-17-10/h4-6,8,12,14H,7H2,1-3H3,(H,15,16). The van der Waals surface area contributed by atoms with E-state index < -0.39 is 0 Å². The normalized spacial score (nSPS) is 14.7. The zero-order chi connectivity index (χ0) is 13.1. The van der Waals surface area contributed by atoms with Crippen LogP contribution in [0.25, 0.3) is 0 Å². The number of carbonyl (C=O) groups is 1. The molecule has 1 aromatic rings. The van der Waals surface area contributed by atoms with Crippen LogP contribution in [-0.2, 0) is 4.79 Å². The molecular weight excluding hydrogens is 232 g/mol. The molecule has 1 aliphatic heterocycles. The van der Waals surface area contributed by atoms with Crippen molar-refractivity contribution in [3.8, 4) is 11.5 Å². The second-order valence-electron chi connectivity index (χ2n) is 4.57. The van der Waals surface area contributed by atoms with E-state index in [1.165, 1.54) is 0 Å². The Morgan fingerprint density at radius 2 is 2.00 bits per heavy atom. The second-order valence-corrected chi connectivity index (χ2v) is 4.57. The molecule has 1 aliphatic rings. The van der Waals surface area contributed by atoms with Crippen molar-refractivity contribution in [2.45, 2.75) is 19.9 Å². The molecule has 5 nitrogen and oxygen atoms in total. The van der Waals surface area contributed by atoms with Gasteiger partial charge >= 0.3 is 0 Å². The highest BCUT2D eigenvalue weighted by atomic mass is 16.7. The van der Waals surface area contributed by atoms with E-state index in [4.69, 9.17) is 9.47 Å². The summed E-state index contributed by atoms with van der Waals surface area (Å²) in [6.45, 7) is 4.23. The van der Waals surface area contributed by atoms with E-state index in [0.29, 0.717) is 17.2 Å². The molecule has 2 rings (SSSR count). The first-order valence-corrected chi connectivity index (χ1v) is 5.99. The minimum Gasteiger partial charge on any atom is -0.454 e. The fourth-order valence-corrected chi connectivity index (χ4v) is 1.96. The van der Waals surface area contributed by atoms with Gasteiger partial charge in [-0.2, -0.15) is 0 Å². The van der Waals surface area contributed by atoms with E-state index in [0.717, 1.165) is 0 Å². The Morgan fingerprint density at radius 1 is 1.28 bits per heavy atom. The molecule has 0 bridgehead atoms. The summed E-state index contributed by atoms with van der Waals surface area (Å²) in [5.74, 6) is 1.55. The van der Waals surface area contributed by atoms with Gasteiger partial charge in [0.05, 0.1) is 6.04 Å². The summed E-state index contributed by atoms with van der Waals surface area (Å²) in [6, 6.07) is 5.16. The van der Waals surface area contributed by atoms with Gasteiger partial charge in [-0.05, 0) is 25.1 Å². The third kappa shape index (κ3) is 2.56. The summed E-state index contributed by atoms with van der Waals surface area (Å²) in [6.07, 6.45) is 0. The summed E-state index contributed by atoms with van der Waals surface area (Å²) >= 11 is 0. The van der Waals surface area contributed by atoms with Crippen molar-refractivity contribution in [1.29, 1.82) is 0 Å². The second kappa shape index (κ2) is 5.27. The summed E-state index contributed by atoms with van der Waals surface area (Å²) < 4.78 is 10.5. The number of ether oxygens (including phenoxy) is 2.